The zero-order chi connectivity index (χ0) is 22.9. The van der Waals surface area contributed by atoms with Gasteiger partial charge < -0.3 is 0 Å². The maximum absolute atomic E-state index is 13.6. The van der Waals surface area contributed by atoms with Crippen molar-refractivity contribution in [3.63, 3.8) is 0 Å². The summed E-state index contributed by atoms with van der Waals surface area (Å²) in [5, 5.41) is 13.7. The van der Waals surface area contributed by atoms with Gasteiger partial charge in [0.25, 0.3) is 0 Å². The molecule has 8 aromatic rings. The highest BCUT2D eigenvalue weighted by atomic mass is 16.1. The fourth-order valence-corrected chi connectivity index (χ4v) is 6.49. The largest absolute Gasteiger partial charge is 0.289 e. The number of hydrogen-bond acceptors (Lipinski definition) is 2. The van der Waals surface area contributed by atoms with E-state index in [1.165, 1.54) is 0 Å². The molecule has 0 heterocycles. The first-order valence-corrected chi connectivity index (χ1v) is 11.6. The van der Waals surface area contributed by atoms with Crippen LogP contribution in [0.4, 0.5) is 0 Å². The zero-order valence-electron chi connectivity index (χ0n) is 18.7. The highest BCUT2D eigenvalue weighted by Crippen LogP contribution is 2.45. The van der Waals surface area contributed by atoms with Gasteiger partial charge in [-0.1, -0.05) is 48.5 Å². The molecule has 0 aliphatic carbocycles. The summed E-state index contributed by atoms with van der Waals surface area (Å²) >= 11 is 0. The summed E-state index contributed by atoms with van der Waals surface area (Å²) in [6, 6.07) is 24.8. The standard InChI is InChI=1S/C32H18O2/c1-15-5-3-7-19-23-13-17-10-12-22-30-24(20-8-4-6-16(2)26(20)32(22)34)14-18-9-11-21(31(33)25(15)19)29(23)27(18)28(17)30/h3-14H,1-2H3. The summed E-state index contributed by atoms with van der Waals surface area (Å²) in [5.74, 6) is 0. The van der Waals surface area contributed by atoms with E-state index in [0.717, 1.165) is 86.5 Å². The van der Waals surface area contributed by atoms with E-state index >= 15 is 0 Å². The molecule has 34 heavy (non-hydrogen) atoms. The Kier molecular flexibility index (Phi) is 3.09. The van der Waals surface area contributed by atoms with Crippen LogP contribution in [-0.4, -0.2) is 0 Å². The van der Waals surface area contributed by atoms with Crippen molar-refractivity contribution in [1.82, 2.24) is 0 Å². The molecular formula is C32H18O2. The van der Waals surface area contributed by atoms with Crippen LogP contribution >= 0.6 is 0 Å². The molecule has 0 saturated carbocycles. The molecular weight excluding hydrogens is 416 g/mol. The highest BCUT2D eigenvalue weighted by Gasteiger charge is 2.22. The SMILES string of the molecule is Cc1cccc2c1c(=O)c1ccc3cc4c5cccc(C)c5c(=O)c5ccc6cc2c1c3c6c54. The van der Waals surface area contributed by atoms with Crippen LogP contribution in [0.15, 0.2) is 82.4 Å². The van der Waals surface area contributed by atoms with Crippen LogP contribution in [0.3, 0.4) is 0 Å². The zero-order valence-corrected chi connectivity index (χ0v) is 18.7. The molecule has 2 nitrogen and oxygen atoms in total. The third-order valence-electron chi connectivity index (χ3n) is 7.93. The van der Waals surface area contributed by atoms with E-state index in [4.69, 9.17) is 0 Å². The van der Waals surface area contributed by atoms with E-state index in [2.05, 4.69) is 36.4 Å². The Bertz CT molecular complexity index is 2110. The summed E-state index contributed by atoms with van der Waals surface area (Å²) in [6.07, 6.45) is 0. The lowest BCUT2D eigenvalue weighted by Crippen LogP contribution is -2.07. The first kappa shape index (κ1) is 18.2. The smallest absolute Gasteiger partial charge is 0.194 e. The molecule has 8 rings (SSSR count). The van der Waals surface area contributed by atoms with Crippen LogP contribution in [0.1, 0.15) is 11.1 Å². The molecule has 158 valence electrons. The van der Waals surface area contributed by atoms with Crippen molar-refractivity contribution in [3.05, 3.63) is 104 Å². The van der Waals surface area contributed by atoms with Gasteiger partial charge in [-0.2, -0.15) is 0 Å². The summed E-state index contributed by atoms with van der Waals surface area (Å²) in [6.45, 7) is 4.02. The Morgan fingerprint density at radius 1 is 0.412 bits per heavy atom. The predicted octanol–water partition coefficient (Wildman–Crippen LogP) is 7.41. The van der Waals surface area contributed by atoms with Gasteiger partial charge in [0.1, 0.15) is 0 Å². The molecule has 8 aromatic carbocycles. The van der Waals surface area contributed by atoms with E-state index in [1.807, 2.05) is 50.2 Å². The average Bonchev–Trinajstić information content (AvgIpc) is 2.84. The Balaban J connectivity index is 1.79. The van der Waals surface area contributed by atoms with E-state index in [1.54, 1.807) is 0 Å². The normalized spacial score (nSPS) is 12.6. The maximum atomic E-state index is 13.6. The number of aryl methyl sites for hydroxylation is 2. The van der Waals surface area contributed by atoms with Crippen molar-refractivity contribution in [1.29, 1.82) is 0 Å². The van der Waals surface area contributed by atoms with Crippen molar-refractivity contribution in [2.75, 3.05) is 0 Å². The van der Waals surface area contributed by atoms with Crippen LogP contribution in [0.2, 0.25) is 0 Å². The van der Waals surface area contributed by atoms with Gasteiger partial charge in [-0.05, 0) is 92.3 Å². The van der Waals surface area contributed by atoms with Gasteiger partial charge in [-0.15, -0.1) is 0 Å². The van der Waals surface area contributed by atoms with Crippen molar-refractivity contribution < 1.29 is 0 Å². The minimum Gasteiger partial charge on any atom is -0.289 e. The van der Waals surface area contributed by atoms with Crippen LogP contribution in [0.25, 0.3) is 75.4 Å². The van der Waals surface area contributed by atoms with Crippen LogP contribution in [0.5, 0.6) is 0 Å². The van der Waals surface area contributed by atoms with Gasteiger partial charge in [0.05, 0.1) is 0 Å². The van der Waals surface area contributed by atoms with E-state index in [0.29, 0.717) is 0 Å². The van der Waals surface area contributed by atoms with Crippen LogP contribution in [0, 0.1) is 13.8 Å². The molecule has 2 heteroatoms. The topological polar surface area (TPSA) is 34.1 Å². The molecule has 0 amide bonds. The first-order chi connectivity index (χ1) is 16.5. The van der Waals surface area contributed by atoms with Gasteiger partial charge in [0, 0.05) is 32.3 Å². The van der Waals surface area contributed by atoms with Gasteiger partial charge in [0.2, 0.25) is 0 Å². The lowest BCUT2D eigenvalue weighted by molar-refractivity contribution is 1.52. The second-order valence-corrected chi connectivity index (χ2v) is 9.67. The lowest BCUT2D eigenvalue weighted by atomic mass is 9.83. The van der Waals surface area contributed by atoms with Crippen molar-refractivity contribution in [2.45, 2.75) is 13.8 Å². The summed E-state index contributed by atoms with van der Waals surface area (Å²) in [5.41, 5.74) is 2.18. The van der Waals surface area contributed by atoms with Gasteiger partial charge in [-0.25, -0.2) is 0 Å². The quantitative estimate of drug-likeness (QED) is 0.184. The van der Waals surface area contributed by atoms with Crippen molar-refractivity contribution >= 4 is 75.4 Å². The van der Waals surface area contributed by atoms with Crippen LogP contribution in [-0.2, 0) is 0 Å². The second kappa shape index (κ2) is 5.78. The first-order valence-electron chi connectivity index (χ1n) is 11.6. The molecule has 0 unspecified atom stereocenters. The number of fused-ring (bicyclic) bond motifs is 4. The molecule has 0 aromatic heterocycles. The molecule has 0 aliphatic rings. The molecule has 0 radical (unpaired) electrons. The average molecular weight is 434 g/mol. The minimum absolute atomic E-state index is 0.0862. The molecule has 0 spiro atoms. The summed E-state index contributed by atoms with van der Waals surface area (Å²) < 4.78 is 0. The summed E-state index contributed by atoms with van der Waals surface area (Å²) in [4.78, 5) is 27.3. The van der Waals surface area contributed by atoms with Gasteiger partial charge in [-0.3, -0.25) is 9.59 Å². The molecule has 0 bridgehead atoms. The predicted molar refractivity (Wildman–Crippen MR) is 145 cm³/mol. The number of rotatable bonds is 0. The van der Waals surface area contributed by atoms with E-state index in [-0.39, 0.29) is 10.9 Å². The van der Waals surface area contributed by atoms with Crippen molar-refractivity contribution in [3.8, 4) is 0 Å². The molecule has 0 fully saturated rings. The fraction of sp³-hybridized carbons (Fsp3) is 0.0625. The van der Waals surface area contributed by atoms with Crippen molar-refractivity contribution in [2.24, 2.45) is 0 Å². The monoisotopic (exact) mass is 434 g/mol. The lowest BCUT2D eigenvalue weighted by Gasteiger charge is -2.19. The maximum Gasteiger partial charge on any atom is 0.194 e. The minimum atomic E-state index is 0.0862. The summed E-state index contributed by atoms with van der Waals surface area (Å²) in [7, 11) is 0. The number of benzene rings is 8. The van der Waals surface area contributed by atoms with Gasteiger partial charge >= 0.3 is 0 Å². The molecule has 0 aliphatic heterocycles. The van der Waals surface area contributed by atoms with Crippen LogP contribution < -0.4 is 10.9 Å². The highest BCUT2D eigenvalue weighted by molar-refractivity contribution is 6.40. The molecule has 0 N–H and O–H groups in total. The van der Waals surface area contributed by atoms with E-state index in [9.17, 15) is 9.59 Å². The fourth-order valence-electron chi connectivity index (χ4n) is 6.49. The third kappa shape index (κ3) is 1.91. The molecule has 0 atom stereocenters. The van der Waals surface area contributed by atoms with E-state index < -0.39 is 0 Å². The Morgan fingerprint density at radius 2 is 0.853 bits per heavy atom. The Morgan fingerprint density at radius 3 is 1.29 bits per heavy atom. The van der Waals surface area contributed by atoms with Gasteiger partial charge in [0.15, 0.2) is 10.9 Å². The third-order valence-corrected chi connectivity index (χ3v) is 7.93. The second-order valence-electron chi connectivity index (χ2n) is 9.67. The Hall–Kier alpha value is -4.30. The number of hydrogen-bond donors (Lipinski definition) is 0. The Labute approximate surface area is 193 Å². The molecule has 0 saturated heterocycles.